The highest BCUT2D eigenvalue weighted by molar-refractivity contribution is 6.18. The molecule has 7 heteroatoms. The highest BCUT2D eigenvalue weighted by atomic mass is 35.5. The average Bonchev–Trinajstić information content (AvgIpc) is 2.81. The van der Waals surface area contributed by atoms with E-state index in [1.165, 1.54) is 4.68 Å². The van der Waals surface area contributed by atoms with E-state index < -0.39 is 0 Å². The van der Waals surface area contributed by atoms with Crippen LogP contribution < -0.4 is 5.73 Å². The first-order valence-corrected chi connectivity index (χ1v) is 6.40. The molecule has 0 saturated carbocycles. The van der Waals surface area contributed by atoms with Gasteiger partial charge in [0.05, 0.1) is 6.04 Å². The Morgan fingerprint density at radius 2 is 2.32 bits per heavy atom. The van der Waals surface area contributed by atoms with Crippen molar-refractivity contribution >= 4 is 17.6 Å². The van der Waals surface area contributed by atoms with E-state index in [1.54, 1.807) is 6.20 Å². The Morgan fingerprint density at radius 1 is 1.53 bits per heavy atom. The third-order valence-corrected chi connectivity index (χ3v) is 2.90. The van der Waals surface area contributed by atoms with Gasteiger partial charge in [0.1, 0.15) is 11.5 Å². The van der Waals surface area contributed by atoms with E-state index in [1.807, 2.05) is 32.0 Å². The third-order valence-electron chi connectivity index (χ3n) is 2.46. The van der Waals surface area contributed by atoms with E-state index in [2.05, 4.69) is 20.1 Å². The molecule has 1 atom stereocenters. The molecule has 0 fully saturated rings. The summed E-state index contributed by atoms with van der Waals surface area (Å²) in [5.74, 6) is 1.86. The summed E-state index contributed by atoms with van der Waals surface area (Å²) in [4.78, 5) is 12.8. The maximum absolute atomic E-state index is 5.90. The van der Waals surface area contributed by atoms with Crippen molar-refractivity contribution in [3.8, 4) is 11.5 Å². The van der Waals surface area contributed by atoms with Crippen LogP contribution in [0.15, 0.2) is 29.4 Å². The number of aryl methyl sites for hydroxylation is 1. The van der Waals surface area contributed by atoms with Crippen molar-refractivity contribution in [3.63, 3.8) is 0 Å². The number of rotatable bonds is 3. The highest BCUT2D eigenvalue weighted by Gasteiger charge is 2.12. The molecular formula is C12H15ClN6. The van der Waals surface area contributed by atoms with Crippen molar-refractivity contribution in [3.05, 3.63) is 30.2 Å². The second-order valence-electron chi connectivity index (χ2n) is 4.10. The lowest BCUT2D eigenvalue weighted by Gasteiger charge is -2.04. The second kappa shape index (κ2) is 5.79. The third kappa shape index (κ3) is 3.08. The van der Waals surface area contributed by atoms with Gasteiger partial charge in [0.2, 0.25) is 11.8 Å². The van der Waals surface area contributed by atoms with Crippen molar-refractivity contribution in [1.29, 1.82) is 0 Å². The highest BCUT2D eigenvalue weighted by Crippen LogP contribution is 2.11. The Labute approximate surface area is 116 Å². The number of pyridine rings is 1. The molecule has 1 unspecified atom stereocenters. The maximum atomic E-state index is 5.90. The molecule has 2 heterocycles. The van der Waals surface area contributed by atoms with Crippen LogP contribution in [0, 0.1) is 6.92 Å². The molecule has 0 aliphatic carbocycles. The number of aromatic nitrogens is 4. The maximum Gasteiger partial charge on any atom is 0.218 e. The first-order chi connectivity index (χ1) is 9.11. The zero-order chi connectivity index (χ0) is 13.8. The van der Waals surface area contributed by atoms with Crippen LogP contribution in [-0.4, -0.2) is 37.6 Å². The van der Waals surface area contributed by atoms with E-state index >= 15 is 0 Å². The minimum atomic E-state index is -0.0661. The normalized spacial score (nSPS) is 13.5. The van der Waals surface area contributed by atoms with Gasteiger partial charge in [0, 0.05) is 12.1 Å². The van der Waals surface area contributed by atoms with Crippen LogP contribution in [0.4, 0.5) is 0 Å². The zero-order valence-corrected chi connectivity index (χ0v) is 11.5. The quantitative estimate of drug-likeness (QED) is 0.523. The molecule has 0 aliphatic rings. The average molecular weight is 279 g/mol. The topological polar surface area (TPSA) is 82.0 Å². The van der Waals surface area contributed by atoms with Crippen LogP contribution in [0.25, 0.3) is 11.5 Å². The van der Waals surface area contributed by atoms with Crippen LogP contribution in [-0.2, 0) is 0 Å². The van der Waals surface area contributed by atoms with Crippen LogP contribution in [0.3, 0.4) is 0 Å². The van der Waals surface area contributed by atoms with Crippen molar-refractivity contribution in [2.45, 2.75) is 19.9 Å². The molecular weight excluding hydrogens is 264 g/mol. The molecule has 2 aromatic rings. The van der Waals surface area contributed by atoms with Crippen LogP contribution in [0.1, 0.15) is 12.7 Å². The molecule has 0 bridgehead atoms. The Kier molecular flexibility index (Phi) is 4.11. The van der Waals surface area contributed by atoms with Gasteiger partial charge in [-0.3, -0.25) is 4.98 Å². The molecule has 19 heavy (non-hydrogen) atoms. The number of nitrogens with two attached hydrogens (primary N) is 1. The Morgan fingerprint density at radius 3 is 2.95 bits per heavy atom. The summed E-state index contributed by atoms with van der Waals surface area (Å²) < 4.78 is 1.49. The number of hydrogen-bond acceptors (Lipinski definition) is 4. The molecule has 0 spiro atoms. The predicted molar refractivity (Wildman–Crippen MR) is 75.2 cm³/mol. The van der Waals surface area contributed by atoms with Crippen molar-refractivity contribution in [1.82, 2.24) is 19.7 Å². The van der Waals surface area contributed by atoms with Crippen molar-refractivity contribution < 1.29 is 0 Å². The first kappa shape index (κ1) is 13.5. The van der Waals surface area contributed by atoms with Gasteiger partial charge in [0.15, 0.2) is 0 Å². The Hall–Kier alpha value is -1.95. The number of aliphatic imine (C=N–C) groups is 1. The van der Waals surface area contributed by atoms with Crippen LogP contribution >= 0.6 is 11.6 Å². The minimum Gasteiger partial charge on any atom is -0.368 e. The largest absolute Gasteiger partial charge is 0.368 e. The number of halogens is 1. The van der Waals surface area contributed by atoms with E-state index in [9.17, 15) is 0 Å². The fourth-order valence-corrected chi connectivity index (χ4v) is 1.59. The molecule has 0 amide bonds. The van der Waals surface area contributed by atoms with Gasteiger partial charge in [-0.05, 0) is 26.0 Å². The van der Waals surface area contributed by atoms with Gasteiger partial charge in [-0.25, -0.2) is 9.98 Å². The summed E-state index contributed by atoms with van der Waals surface area (Å²) in [6, 6.07) is 5.49. The predicted octanol–water partition coefficient (Wildman–Crippen LogP) is 1.44. The lowest BCUT2D eigenvalue weighted by molar-refractivity contribution is 0.800. The summed E-state index contributed by atoms with van der Waals surface area (Å²) in [7, 11) is 0. The summed E-state index contributed by atoms with van der Waals surface area (Å²) in [6.07, 6.45) is 1.69. The standard InChI is InChI=1S/C12H15ClN6/c1-8(7-13)16-12(14)19-9(2)17-11(18-19)10-5-3-4-6-15-10/h3-6,8H,7H2,1-2H3,(H2,14,16). The molecule has 100 valence electrons. The van der Waals surface area contributed by atoms with E-state index in [4.69, 9.17) is 17.3 Å². The molecule has 0 aliphatic heterocycles. The smallest absolute Gasteiger partial charge is 0.218 e. The lowest BCUT2D eigenvalue weighted by Crippen LogP contribution is -2.27. The fraction of sp³-hybridized carbons (Fsp3) is 0.333. The molecule has 0 radical (unpaired) electrons. The molecule has 0 aromatic carbocycles. The summed E-state index contributed by atoms with van der Waals surface area (Å²) in [5, 5.41) is 4.31. The molecule has 2 N–H and O–H groups in total. The first-order valence-electron chi connectivity index (χ1n) is 5.86. The minimum absolute atomic E-state index is 0.0661. The van der Waals surface area contributed by atoms with Gasteiger partial charge < -0.3 is 5.73 Å². The number of alkyl halides is 1. The van der Waals surface area contributed by atoms with Gasteiger partial charge in [-0.1, -0.05) is 6.07 Å². The van der Waals surface area contributed by atoms with Crippen molar-refractivity contribution in [2.24, 2.45) is 10.7 Å². The van der Waals surface area contributed by atoms with E-state index in [0.717, 1.165) is 0 Å². The Balaban J connectivity index is 2.34. The molecule has 6 nitrogen and oxygen atoms in total. The summed E-state index contributed by atoms with van der Waals surface area (Å²) >= 11 is 5.71. The van der Waals surface area contributed by atoms with Crippen LogP contribution in [0.5, 0.6) is 0 Å². The SMILES string of the molecule is Cc1nc(-c2ccccn2)nn1C(N)=NC(C)CCl. The number of nitrogens with zero attached hydrogens (tertiary/aromatic N) is 5. The molecule has 2 rings (SSSR count). The summed E-state index contributed by atoms with van der Waals surface area (Å²) in [5.41, 5.74) is 6.59. The lowest BCUT2D eigenvalue weighted by atomic mass is 10.3. The molecule has 2 aromatic heterocycles. The monoisotopic (exact) mass is 278 g/mol. The summed E-state index contributed by atoms with van der Waals surface area (Å²) in [6.45, 7) is 3.69. The van der Waals surface area contributed by atoms with E-state index in [0.29, 0.717) is 23.2 Å². The van der Waals surface area contributed by atoms with Gasteiger partial charge >= 0.3 is 0 Å². The van der Waals surface area contributed by atoms with E-state index in [-0.39, 0.29) is 12.0 Å². The van der Waals surface area contributed by atoms with Gasteiger partial charge in [-0.2, -0.15) is 4.68 Å². The zero-order valence-electron chi connectivity index (χ0n) is 10.8. The Bertz CT molecular complexity index is 577. The number of hydrogen-bond donors (Lipinski definition) is 1. The van der Waals surface area contributed by atoms with Gasteiger partial charge in [-0.15, -0.1) is 16.7 Å². The van der Waals surface area contributed by atoms with Crippen LogP contribution in [0.2, 0.25) is 0 Å². The molecule has 0 saturated heterocycles. The van der Waals surface area contributed by atoms with Gasteiger partial charge in [0.25, 0.3) is 0 Å². The second-order valence-corrected chi connectivity index (χ2v) is 4.41. The van der Waals surface area contributed by atoms with Crippen molar-refractivity contribution in [2.75, 3.05) is 5.88 Å². The fourth-order valence-electron chi connectivity index (χ4n) is 1.53.